The van der Waals surface area contributed by atoms with Crippen LogP contribution in [0.3, 0.4) is 0 Å². The monoisotopic (exact) mass is 280 g/mol. The van der Waals surface area contributed by atoms with Crippen molar-refractivity contribution in [3.05, 3.63) is 23.8 Å². The van der Waals surface area contributed by atoms with E-state index < -0.39 is 6.10 Å². The predicted octanol–water partition coefficient (Wildman–Crippen LogP) is 2.53. The highest BCUT2D eigenvalue weighted by Crippen LogP contribution is 2.21. The molecule has 0 spiro atoms. The first-order valence-electron chi connectivity index (χ1n) is 6.80. The molecule has 0 aliphatic rings. The van der Waals surface area contributed by atoms with Crippen LogP contribution in [0.25, 0.3) is 0 Å². The summed E-state index contributed by atoms with van der Waals surface area (Å²) in [5, 5.41) is 15.1. The molecule has 0 heterocycles. The number of amides is 2. The summed E-state index contributed by atoms with van der Waals surface area (Å²) in [5.74, 6) is 1.08. The lowest BCUT2D eigenvalue weighted by atomic mass is 10.1. The van der Waals surface area contributed by atoms with E-state index in [1.54, 1.807) is 13.2 Å². The van der Waals surface area contributed by atoms with E-state index >= 15 is 0 Å². The number of hydrogen-bond donors (Lipinski definition) is 3. The maximum Gasteiger partial charge on any atom is 0.319 e. The summed E-state index contributed by atoms with van der Waals surface area (Å²) >= 11 is 0. The first-order chi connectivity index (χ1) is 9.42. The van der Waals surface area contributed by atoms with Crippen LogP contribution in [0.5, 0.6) is 5.75 Å². The van der Waals surface area contributed by atoms with Gasteiger partial charge in [0.25, 0.3) is 0 Å². The fraction of sp³-hybridized carbons (Fsp3) is 0.533. The number of nitrogens with one attached hydrogen (secondary N) is 2. The Labute approximate surface area is 120 Å². The molecule has 20 heavy (non-hydrogen) atoms. The summed E-state index contributed by atoms with van der Waals surface area (Å²) in [7, 11) is 1.58. The minimum atomic E-state index is -0.521. The van der Waals surface area contributed by atoms with Gasteiger partial charge in [-0.3, -0.25) is 0 Å². The maximum absolute atomic E-state index is 11.8. The van der Waals surface area contributed by atoms with E-state index in [0.29, 0.717) is 23.8 Å². The minimum absolute atomic E-state index is 0.243. The van der Waals surface area contributed by atoms with Crippen LogP contribution in [0.1, 0.15) is 25.8 Å². The molecule has 0 saturated carbocycles. The van der Waals surface area contributed by atoms with Crippen LogP contribution in [0.4, 0.5) is 10.5 Å². The van der Waals surface area contributed by atoms with Crippen molar-refractivity contribution in [1.29, 1.82) is 0 Å². The highest BCUT2D eigenvalue weighted by Gasteiger charge is 2.10. The molecule has 2 amide bonds. The van der Waals surface area contributed by atoms with Gasteiger partial charge in [0, 0.05) is 18.3 Å². The van der Waals surface area contributed by atoms with E-state index in [1.165, 1.54) is 0 Å². The van der Waals surface area contributed by atoms with Crippen molar-refractivity contribution in [3.63, 3.8) is 0 Å². The number of anilines is 1. The van der Waals surface area contributed by atoms with Crippen LogP contribution in [-0.2, 0) is 0 Å². The van der Waals surface area contributed by atoms with Crippen molar-refractivity contribution in [3.8, 4) is 5.75 Å². The summed E-state index contributed by atoms with van der Waals surface area (Å²) in [6.07, 6.45) is 0.144. The van der Waals surface area contributed by atoms with Gasteiger partial charge < -0.3 is 20.5 Å². The van der Waals surface area contributed by atoms with Gasteiger partial charge in [-0.1, -0.05) is 19.9 Å². The Kier molecular flexibility index (Phi) is 6.31. The van der Waals surface area contributed by atoms with E-state index in [1.807, 2.05) is 32.9 Å². The largest absolute Gasteiger partial charge is 0.497 e. The topological polar surface area (TPSA) is 70.6 Å². The molecule has 112 valence electrons. The van der Waals surface area contributed by atoms with Crippen molar-refractivity contribution in [2.45, 2.75) is 33.3 Å². The third-order valence-electron chi connectivity index (χ3n) is 2.93. The first kappa shape index (κ1) is 16.3. The Morgan fingerprint density at radius 1 is 1.40 bits per heavy atom. The highest BCUT2D eigenvalue weighted by atomic mass is 16.5. The van der Waals surface area contributed by atoms with Crippen LogP contribution >= 0.6 is 0 Å². The van der Waals surface area contributed by atoms with E-state index in [4.69, 9.17) is 4.74 Å². The molecule has 0 aromatic heterocycles. The molecule has 1 aromatic carbocycles. The Bertz CT molecular complexity index is 447. The average Bonchev–Trinajstić information content (AvgIpc) is 2.38. The lowest BCUT2D eigenvalue weighted by Crippen LogP contribution is -2.35. The summed E-state index contributed by atoms with van der Waals surface area (Å²) in [4.78, 5) is 11.8. The number of hydrogen-bond acceptors (Lipinski definition) is 3. The van der Waals surface area contributed by atoms with Crippen LogP contribution in [0.15, 0.2) is 18.2 Å². The molecule has 0 bridgehead atoms. The number of rotatable bonds is 6. The number of carbonyl (C=O) groups is 1. The zero-order valence-corrected chi connectivity index (χ0v) is 12.6. The third kappa shape index (κ3) is 5.48. The normalized spacial score (nSPS) is 12.1. The number of aliphatic hydroxyl groups is 1. The number of benzene rings is 1. The van der Waals surface area contributed by atoms with E-state index in [-0.39, 0.29) is 12.6 Å². The molecule has 1 rings (SSSR count). The third-order valence-corrected chi connectivity index (χ3v) is 2.93. The number of methoxy groups -OCH3 is 1. The van der Waals surface area contributed by atoms with Gasteiger partial charge in [0.1, 0.15) is 5.75 Å². The molecule has 1 aromatic rings. The standard InChI is InChI=1S/C15H24N2O3/c1-10(2)7-12(18)9-16-15(19)17-14-8-13(20-4)6-5-11(14)3/h5-6,8,10,12,18H,7,9H2,1-4H3,(H2,16,17,19). The van der Waals surface area contributed by atoms with Gasteiger partial charge in [-0.15, -0.1) is 0 Å². The SMILES string of the molecule is COc1ccc(C)c(NC(=O)NCC(O)CC(C)C)c1. The molecule has 1 unspecified atom stereocenters. The van der Waals surface area contributed by atoms with Crippen molar-refractivity contribution < 1.29 is 14.6 Å². The molecule has 1 atom stereocenters. The van der Waals surface area contributed by atoms with E-state index in [2.05, 4.69) is 10.6 Å². The zero-order chi connectivity index (χ0) is 15.1. The quantitative estimate of drug-likeness (QED) is 0.750. The molecule has 5 nitrogen and oxygen atoms in total. The second kappa shape index (κ2) is 7.75. The molecular weight excluding hydrogens is 256 g/mol. The Balaban J connectivity index is 2.50. The fourth-order valence-electron chi connectivity index (χ4n) is 1.87. The molecule has 5 heteroatoms. The highest BCUT2D eigenvalue weighted by molar-refractivity contribution is 5.90. The predicted molar refractivity (Wildman–Crippen MR) is 80.2 cm³/mol. The van der Waals surface area contributed by atoms with Crippen LogP contribution in [0.2, 0.25) is 0 Å². The Morgan fingerprint density at radius 2 is 2.10 bits per heavy atom. The van der Waals surface area contributed by atoms with Gasteiger partial charge in [-0.2, -0.15) is 0 Å². The lowest BCUT2D eigenvalue weighted by molar-refractivity contribution is 0.148. The number of carbonyl (C=O) groups excluding carboxylic acids is 1. The van der Waals surface area contributed by atoms with Gasteiger partial charge >= 0.3 is 6.03 Å². The maximum atomic E-state index is 11.8. The number of ether oxygens (including phenoxy) is 1. The lowest BCUT2D eigenvalue weighted by Gasteiger charge is -2.15. The second-order valence-corrected chi connectivity index (χ2v) is 5.30. The van der Waals surface area contributed by atoms with Crippen molar-refractivity contribution in [2.24, 2.45) is 5.92 Å². The fourth-order valence-corrected chi connectivity index (χ4v) is 1.87. The number of aliphatic hydroxyl groups excluding tert-OH is 1. The molecule has 0 aliphatic heterocycles. The van der Waals surface area contributed by atoms with Gasteiger partial charge in [0.05, 0.1) is 13.2 Å². The molecule has 0 fully saturated rings. The molecule has 3 N–H and O–H groups in total. The van der Waals surface area contributed by atoms with Gasteiger partial charge in [0.15, 0.2) is 0 Å². The smallest absolute Gasteiger partial charge is 0.319 e. The molecular formula is C15H24N2O3. The Morgan fingerprint density at radius 3 is 2.70 bits per heavy atom. The number of aryl methyl sites for hydroxylation is 1. The van der Waals surface area contributed by atoms with Crippen LogP contribution < -0.4 is 15.4 Å². The van der Waals surface area contributed by atoms with E-state index in [0.717, 1.165) is 5.56 Å². The van der Waals surface area contributed by atoms with Crippen LogP contribution in [-0.4, -0.2) is 30.9 Å². The van der Waals surface area contributed by atoms with Crippen molar-refractivity contribution >= 4 is 11.7 Å². The zero-order valence-electron chi connectivity index (χ0n) is 12.6. The Hall–Kier alpha value is -1.75. The molecule has 0 aliphatic carbocycles. The average molecular weight is 280 g/mol. The van der Waals surface area contributed by atoms with E-state index in [9.17, 15) is 9.90 Å². The van der Waals surface area contributed by atoms with Crippen molar-refractivity contribution in [1.82, 2.24) is 5.32 Å². The number of urea groups is 1. The minimum Gasteiger partial charge on any atom is -0.497 e. The second-order valence-electron chi connectivity index (χ2n) is 5.30. The molecule has 0 radical (unpaired) electrons. The molecule has 0 saturated heterocycles. The van der Waals surface area contributed by atoms with Gasteiger partial charge in [-0.05, 0) is 30.9 Å². The van der Waals surface area contributed by atoms with Gasteiger partial charge in [0.2, 0.25) is 0 Å². The van der Waals surface area contributed by atoms with Crippen molar-refractivity contribution in [2.75, 3.05) is 19.0 Å². The van der Waals surface area contributed by atoms with Gasteiger partial charge in [-0.25, -0.2) is 4.79 Å². The first-order valence-corrected chi connectivity index (χ1v) is 6.80. The summed E-state index contributed by atoms with van der Waals surface area (Å²) < 4.78 is 5.12. The summed E-state index contributed by atoms with van der Waals surface area (Å²) in [6, 6.07) is 5.15. The van der Waals surface area contributed by atoms with Crippen LogP contribution in [0, 0.1) is 12.8 Å². The summed E-state index contributed by atoms with van der Waals surface area (Å²) in [5.41, 5.74) is 1.64. The summed E-state index contributed by atoms with van der Waals surface area (Å²) in [6.45, 7) is 6.21.